The van der Waals surface area contributed by atoms with Crippen molar-refractivity contribution in [2.24, 2.45) is 0 Å². The number of para-hydroxylation sites is 1. The Balaban J connectivity index is 1.60. The molecule has 28 heavy (non-hydrogen) atoms. The minimum atomic E-state index is -0.482. The zero-order valence-corrected chi connectivity index (χ0v) is 15.0. The largest absolute Gasteiger partial charge is 0.391 e. The van der Waals surface area contributed by atoms with Crippen molar-refractivity contribution in [3.05, 3.63) is 78.5 Å². The summed E-state index contributed by atoms with van der Waals surface area (Å²) in [6.45, 7) is 0.449. The van der Waals surface area contributed by atoms with E-state index in [4.69, 9.17) is 0 Å². The molecule has 0 spiro atoms. The van der Waals surface area contributed by atoms with Crippen LogP contribution < -0.4 is 4.90 Å². The molecule has 2 unspecified atom stereocenters. The second-order valence-electron chi connectivity index (χ2n) is 6.94. The Kier molecular flexibility index (Phi) is 4.02. The van der Waals surface area contributed by atoms with Crippen molar-refractivity contribution in [1.29, 1.82) is 0 Å². The van der Waals surface area contributed by atoms with Crippen molar-refractivity contribution in [2.75, 3.05) is 11.4 Å². The van der Waals surface area contributed by atoms with E-state index in [-0.39, 0.29) is 11.9 Å². The summed E-state index contributed by atoms with van der Waals surface area (Å²) in [5, 5.41) is 15.6. The van der Waals surface area contributed by atoms with Crippen LogP contribution in [0.3, 0.4) is 0 Å². The van der Waals surface area contributed by atoms with Gasteiger partial charge in [0.25, 0.3) is 0 Å². The lowest BCUT2D eigenvalue weighted by Crippen LogP contribution is -2.25. The summed E-state index contributed by atoms with van der Waals surface area (Å²) in [6, 6.07) is 16.1. The number of fused-ring (bicyclic) bond motifs is 1. The molecule has 4 aromatic rings. The maximum absolute atomic E-state index is 13.3. The number of anilines is 1. The first-order valence-corrected chi connectivity index (χ1v) is 9.15. The van der Waals surface area contributed by atoms with Crippen molar-refractivity contribution < 1.29 is 9.50 Å². The van der Waals surface area contributed by atoms with E-state index in [1.807, 2.05) is 30.3 Å². The quantitative estimate of drug-likeness (QED) is 0.595. The molecule has 140 valence electrons. The van der Waals surface area contributed by atoms with Gasteiger partial charge in [-0.05, 0) is 36.2 Å². The molecule has 2 aromatic carbocycles. The van der Waals surface area contributed by atoms with Gasteiger partial charge in [0.15, 0.2) is 5.65 Å². The van der Waals surface area contributed by atoms with Crippen LogP contribution in [0, 0.1) is 5.82 Å². The number of benzene rings is 2. The molecule has 0 saturated carbocycles. The maximum atomic E-state index is 13.3. The lowest BCUT2D eigenvalue weighted by atomic mass is 10.0. The third-order valence-electron chi connectivity index (χ3n) is 5.15. The predicted molar refractivity (Wildman–Crippen MR) is 104 cm³/mol. The molecule has 1 fully saturated rings. The zero-order chi connectivity index (χ0) is 19.1. The summed E-state index contributed by atoms with van der Waals surface area (Å²) >= 11 is 0. The van der Waals surface area contributed by atoms with Crippen LogP contribution in [0.4, 0.5) is 10.2 Å². The van der Waals surface area contributed by atoms with Gasteiger partial charge < -0.3 is 10.0 Å². The van der Waals surface area contributed by atoms with Gasteiger partial charge in [-0.25, -0.2) is 19.0 Å². The van der Waals surface area contributed by atoms with Crippen molar-refractivity contribution in [1.82, 2.24) is 19.7 Å². The Morgan fingerprint density at radius 1 is 1.00 bits per heavy atom. The molecule has 1 N–H and O–H groups in total. The molecular formula is C21H18FN5O. The first-order valence-electron chi connectivity index (χ1n) is 9.15. The van der Waals surface area contributed by atoms with Crippen LogP contribution in [0.2, 0.25) is 0 Å². The van der Waals surface area contributed by atoms with Gasteiger partial charge >= 0.3 is 0 Å². The van der Waals surface area contributed by atoms with Gasteiger partial charge in [0.2, 0.25) is 0 Å². The van der Waals surface area contributed by atoms with Crippen LogP contribution in [0.1, 0.15) is 18.0 Å². The summed E-state index contributed by atoms with van der Waals surface area (Å²) in [5.74, 6) is 0.445. The standard InChI is InChI=1S/C21H18FN5O/c22-15-8-6-14(7-9-15)19-10-17(28)12-26(19)20-18-11-25-27(21(18)24-13-23-20)16-4-2-1-3-5-16/h1-9,11,13,17,19,28H,10,12H2. The summed E-state index contributed by atoms with van der Waals surface area (Å²) < 4.78 is 15.1. The summed E-state index contributed by atoms with van der Waals surface area (Å²) in [5.41, 5.74) is 2.56. The molecule has 3 heterocycles. The molecule has 0 radical (unpaired) electrons. The first-order chi connectivity index (χ1) is 13.7. The number of halogens is 1. The Morgan fingerprint density at radius 2 is 1.79 bits per heavy atom. The molecular weight excluding hydrogens is 357 g/mol. The van der Waals surface area contributed by atoms with Gasteiger partial charge in [0.1, 0.15) is 18.0 Å². The van der Waals surface area contributed by atoms with E-state index < -0.39 is 6.10 Å². The van der Waals surface area contributed by atoms with E-state index in [0.29, 0.717) is 18.6 Å². The lowest BCUT2D eigenvalue weighted by Gasteiger charge is -2.26. The Bertz CT molecular complexity index is 1110. The third-order valence-corrected chi connectivity index (χ3v) is 5.15. The number of hydrogen-bond acceptors (Lipinski definition) is 5. The topological polar surface area (TPSA) is 67.1 Å². The highest BCUT2D eigenvalue weighted by molar-refractivity contribution is 5.88. The molecule has 1 aliphatic heterocycles. The fraction of sp³-hybridized carbons (Fsp3) is 0.190. The highest BCUT2D eigenvalue weighted by Gasteiger charge is 2.34. The van der Waals surface area contributed by atoms with Crippen molar-refractivity contribution in [3.63, 3.8) is 0 Å². The molecule has 5 rings (SSSR count). The van der Waals surface area contributed by atoms with E-state index in [1.54, 1.807) is 23.0 Å². The average Bonchev–Trinajstić information content (AvgIpc) is 3.33. The van der Waals surface area contributed by atoms with Crippen LogP contribution in [0.5, 0.6) is 0 Å². The van der Waals surface area contributed by atoms with E-state index in [9.17, 15) is 9.50 Å². The Labute approximate surface area is 160 Å². The summed E-state index contributed by atoms with van der Waals surface area (Å²) in [4.78, 5) is 11.0. The number of aliphatic hydroxyl groups is 1. The number of β-amino-alcohol motifs (C(OH)–C–C–N with tert-alkyl or cyclic N) is 1. The van der Waals surface area contributed by atoms with Gasteiger partial charge in [-0.15, -0.1) is 0 Å². The van der Waals surface area contributed by atoms with Crippen LogP contribution in [0.15, 0.2) is 67.1 Å². The van der Waals surface area contributed by atoms with Crippen LogP contribution in [0.25, 0.3) is 16.7 Å². The highest BCUT2D eigenvalue weighted by atomic mass is 19.1. The molecule has 7 heteroatoms. The smallest absolute Gasteiger partial charge is 0.168 e. The fourth-order valence-electron chi connectivity index (χ4n) is 3.87. The third kappa shape index (κ3) is 2.80. The van der Waals surface area contributed by atoms with Gasteiger partial charge in [-0.3, -0.25) is 0 Å². The lowest BCUT2D eigenvalue weighted by molar-refractivity contribution is 0.194. The van der Waals surface area contributed by atoms with Gasteiger partial charge in [0.05, 0.1) is 29.4 Å². The second-order valence-corrected chi connectivity index (χ2v) is 6.94. The van der Waals surface area contributed by atoms with E-state index in [1.165, 1.54) is 18.5 Å². The van der Waals surface area contributed by atoms with Crippen molar-refractivity contribution in [2.45, 2.75) is 18.6 Å². The normalized spacial score (nSPS) is 19.4. The molecule has 0 amide bonds. The minimum absolute atomic E-state index is 0.0891. The average molecular weight is 375 g/mol. The van der Waals surface area contributed by atoms with Crippen molar-refractivity contribution >= 4 is 16.9 Å². The van der Waals surface area contributed by atoms with Crippen molar-refractivity contribution in [3.8, 4) is 5.69 Å². The second kappa shape index (κ2) is 6.69. The van der Waals surface area contributed by atoms with E-state index in [0.717, 1.165) is 22.5 Å². The molecule has 0 bridgehead atoms. The summed E-state index contributed by atoms with van der Waals surface area (Å²) in [7, 11) is 0. The monoisotopic (exact) mass is 375 g/mol. The SMILES string of the molecule is OC1CC(c2ccc(F)cc2)N(c2ncnc3c2cnn3-c2ccccc2)C1. The molecule has 2 atom stereocenters. The van der Waals surface area contributed by atoms with E-state index >= 15 is 0 Å². The Hall–Kier alpha value is -3.32. The number of aliphatic hydroxyl groups excluding tert-OH is 1. The first kappa shape index (κ1) is 16.8. The summed E-state index contributed by atoms with van der Waals surface area (Å²) in [6.07, 6.45) is 3.35. The predicted octanol–water partition coefficient (Wildman–Crippen LogP) is 3.27. The van der Waals surface area contributed by atoms with Crippen LogP contribution in [-0.4, -0.2) is 37.5 Å². The molecule has 0 aliphatic carbocycles. The Morgan fingerprint density at radius 3 is 2.57 bits per heavy atom. The highest BCUT2D eigenvalue weighted by Crippen LogP contribution is 2.38. The maximum Gasteiger partial charge on any atom is 0.168 e. The number of aromatic nitrogens is 4. The molecule has 1 aliphatic rings. The number of nitrogens with zero attached hydrogens (tertiary/aromatic N) is 5. The van der Waals surface area contributed by atoms with Gasteiger partial charge in [0, 0.05) is 6.54 Å². The minimum Gasteiger partial charge on any atom is -0.391 e. The van der Waals surface area contributed by atoms with Crippen LogP contribution in [-0.2, 0) is 0 Å². The zero-order valence-electron chi connectivity index (χ0n) is 15.0. The molecule has 1 saturated heterocycles. The molecule has 6 nitrogen and oxygen atoms in total. The fourth-order valence-corrected chi connectivity index (χ4v) is 3.87. The van der Waals surface area contributed by atoms with Gasteiger partial charge in [-0.2, -0.15) is 5.10 Å². The van der Waals surface area contributed by atoms with E-state index in [2.05, 4.69) is 20.0 Å². The number of rotatable bonds is 3. The van der Waals surface area contributed by atoms with Gasteiger partial charge in [-0.1, -0.05) is 30.3 Å². The molecule has 2 aromatic heterocycles. The van der Waals surface area contributed by atoms with Crippen LogP contribution >= 0.6 is 0 Å². The number of hydrogen-bond donors (Lipinski definition) is 1.